The fourth-order valence-corrected chi connectivity index (χ4v) is 4.97. The highest BCUT2D eigenvalue weighted by atomic mass is 16.5. The van der Waals surface area contributed by atoms with Crippen molar-refractivity contribution in [1.29, 1.82) is 0 Å². The lowest BCUT2D eigenvalue weighted by molar-refractivity contribution is -0.759. The number of fused-ring (bicyclic) bond motifs is 1. The van der Waals surface area contributed by atoms with Crippen LogP contribution in [-0.4, -0.2) is 53.0 Å². The summed E-state index contributed by atoms with van der Waals surface area (Å²) in [7, 11) is 0. The van der Waals surface area contributed by atoms with Gasteiger partial charge in [0.25, 0.3) is 6.20 Å². The number of aromatic nitrogens is 2. The van der Waals surface area contributed by atoms with Crippen molar-refractivity contribution in [2.75, 3.05) is 31.2 Å². The Bertz CT molecular complexity index is 1280. The van der Waals surface area contributed by atoms with E-state index < -0.39 is 11.5 Å². The van der Waals surface area contributed by atoms with E-state index in [2.05, 4.69) is 44.4 Å². The SMILES string of the molecule is Cc1c(C)c2c(c(C)c1O)CCC(C)(C([O-])=Nc1c[n+](N3CCN(Cc4ccccc4)CC3)no1)O2. The number of aromatic hydroxyl groups is 1. The first-order chi connectivity index (χ1) is 17.2. The smallest absolute Gasteiger partial charge is 0.324 e. The summed E-state index contributed by atoms with van der Waals surface area (Å²) in [5.74, 6) is 0.701. The standard InChI is InChI=1S/C27H33N5O4/c1-18-19(2)25-22(20(3)24(18)33)10-11-27(4,35-25)26(34)28-23-17-32(29-36-23)31-14-12-30(13-15-31)16-21-8-6-5-7-9-21/h5-9,17H,10-16H2,1-4H3,(H-,28,29,33,34). The second-order valence-electron chi connectivity index (χ2n) is 9.96. The van der Waals surface area contributed by atoms with Gasteiger partial charge in [-0.3, -0.25) is 9.42 Å². The molecular weight excluding hydrogens is 458 g/mol. The van der Waals surface area contributed by atoms with E-state index in [0.717, 1.165) is 55.0 Å². The summed E-state index contributed by atoms with van der Waals surface area (Å²) >= 11 is 0. The third-order valence-electron chi connectivity index (χ3n) is 7.52. The summed E-state index contributed by atoms with van der Waals surface area (Å²) in [6.45, 7) is 11.7. The van der Waals surface area contributed by atoms with Gasteiger partial charge in [-0.15, -0.1) is 0 Å². The molecule has 2 aliphatic rings. The van der Waals surface area contributed by atoms with E-state index in [-0.39, 0.29) is 5.88 Å². The fourth-order valence-electron chi connectivity index (χ4n) is 4.97. The maximum absolute atomic E-state index is 13.2. The van der Waals surface area contributed by atoms with Crippen molar-refractivity contribution in [2.45, 2.75) is 52.7 Å². The van der Waals surface area contributed by atoms with Crippen molar-refractivity contribution in [2.24, 2.45) is 4.99 Å². The molecule has 2 aliphatic heterocycles. The molecular formula is C27H33N5O4. The lowest BCUT2D eigenvalue weighted by atomic mass is 9.87. The van der Waals surface area contributed by atoms with Crippen LogP contribution in [0.3, 0.4) is 0 Å². The first-order valence-corrected chi connectivity index (χ1v) is 12.4. The first-order valence-electron chi connectivity index (χ1n) is 12.4. The average Bonchev–Trinajstić information content (AvgIpc) is 3.35. The van der Waals surface area contributed by atoms with Gasteiger partial charge >= 0.3 is 5.88 Å². The van der Waals surface area contributed by atoms with Crippen LogP contribution < -0.4 is 19.6 Å². The Kier molecular flexibility index (Phi) is 6.34. The molecule has 0 spiro atoms. The molecule has 1 N–H and O–H groups in total. The summed E-state index contributed by atoms with van der Waals surface area (Å²) in [6.07, 6.45) is 2.72. The van der Waals surface area contributed by atoms with Crippen LogP contribution in [0.4, 0.5) is 5.88 Å². The Morgan fingerprint density at radius 3 is 2.56 bits per heavy atom. The number of benzene rings is 2. The second kappa shape index (κ2) is 9.46. The maximum atomic E-state index is 13.2. The molecule has 0 amide bonds. The monoisotopic (exact) mass is 491 g/mol. The van der Waals surface area contributed by atoms with Crippen LogP contribution in [0.1, 0.15) is 41.2 Å². The van der Waals surface area contributed by atoms with Crippen molar-refractivity contribution < 1.29 is 24.3 Å². The molecule has 1 atom stereocenters. The lowest BCUT2D eigenvalue weighted by Gasteiger charge is -2.40. The predicted molar refractivity (Wildman–Crippen MR) is 133 cm³/mol. The van der Waals surface area contributed by atoms with Gasteiger partial charge in [-0.05, 0) is 62.8 Å². The summed E-state index contributed by atoms with van der Waals surface area (Å²) in [4.78, 5) is 8.24. The van der Waals surface area contributed by atoms with E-state index in [4.69, 9.17) is 9.26 Å². The van der Waals surface area contributed by atoms with Crippen molar-refractivity contribution in [1.82, 2.24) is 10.2 Å². The van der Waals surface area contributed by atoms with Gasteiger partial charge in [0, 0.05) is 31.1 Å². The highest BCUT2D eigenvalue weighted by molar-refractivity contribution is 5.83. The Hall–Kier alpha value is -3.59. The minimum absolute atomic E-state index is 0.150. The number of hydrogen-bond acceptors (Lipinski definition) is 8. The van der Waals surface area contributed by atoms with E-state index >= 15 is 0 Å². The molecule has 1 unspecified atom stereocenters. The number of hydrogen-bond donors (Lipinski definition) is 1. The second-order valence-corrected chi connectivity index (χ2v) is 9.96. The van der Waals surface area contributed by atoms with E-state index in [9.17, 15) is 10.2 Å². The topological polar surface area (TPSA) is 101 Å². The van der Waals surface area contributed by atoms with Crippen LogP contribution in [-0.2, 0) is 13.0 Å². The van der Waals surface area contributed by atoms with Crippen LogP contribution in [0.5, 0.6) is 11.5 Å². The average molecular weight is 492 g/mol. The zero-order valence-electron chi connectivity index (χ0n) is 21.3. The van der Waals surface area contributed by atoms with Gasteiger partial charge in [-0.2, -0.15) is 5.01 Å². The van der Waals surface area contributed by atoms with Gasteiger partial charge < -0.3 is 14.9 Å². The number of ether oxygens (including phenoxy) is 1. The highest BCUT2D eigenvalue weighted by Gasteiger charge is 2.36. The van der Waals surface area contributed by atoms with Gasteiger partial charge in [0.2, 0.25) is 5.27 Å². The van der Waals surface area contributed by atoms with E-state index in [1.54, 1.807) is 17.9 Å². The Labute approximate surface area is 211 Å². The van der Waals surface area contributed by atoms with Crippen molar-refractivity contribution >= 4 is 11.8 Å². The zero-order chi connectivity index (χ0) is 25.4. The van der Waals surface area contributed by atoms with Crippen LogP contribution >= 0.6 is 0 Å². The molecule has 1 aromatic heterocycles. The van der Waals surface area contributed by atoms with Crippen molar-refractivity contribution in [3.8, 4) is 11.5 Å². The Morgan fingerprint density at radius 2 is 1.83 bits per heavy atom. The normalized spacial score (nSPS) is 20.8. The molecule has 5 rings (SSSR count). The molecule has 0 saturated carbocycles. The quantitative estimate of drug-likeness (QED) is 0.332. The molecule has 9 heteroatoms. The summed E-state index contributed by atoms with van der Waals surface area (Å²) in [5.41, 5.74) is 3.55. The molecule has 9 nitrogen and oxygen atoms in total. The van der Waals surface area contributed by atoms with Gasteiger partial charge in [0.15, 0.2) is 0 Å². The van der Waals surface area contributed by atoms with Crippen LogP contribution in [0.25, 0.3) is 0 Å². The van der Waals surface area contributed by atoms with Gasteiger partial charge in [-0.25, -0.2) is 4.99 Å². The minimum atomic E-state index is -1.12. The van der Waals surface area contributed by atoms with Gasteiger partial charge in [0.1, 0.15) is 17.1 Å². The third kappa shape index (κ3) is 4.51. The molecule has 3 heterocycles. The minimum Gasteiger partial charge on any atom is -0.859 e. The molecule has 0 aliphatic carbocycles. The molecule has 1 fully saturated rings. The number of rotatable bonds is 5. The van der Waals surface area contributed by atoms with Gasteiger partial charge in [0.05, 0.1) is 17.9 Å². The summed E-state index contributed by atoms with van der Waals surface area (Å²) < 4.78 is 11.6. The molecule has 1 saturated heterocycles. The molecule has 3 aromatic rings. The van der Waals surface area contributed by atoms with Crippen LogP contribution in [0.2, 0.25) is 0 Å². The highest BCUT2D eigenvalue weighted by Crippen LogP contribution is 2.43. The van der Waals surface area contributed by atoms with Crippen LogP contribution in [0.15, 0.2) is 46.0 Å². The molecule has 190 valence electrons. The Balaban J connectivity index is 1.26. The molecule has 0 radical (unpaired) electrons. The Morgan fingerprint density at radius 1 is 1.11 bits per heavy atom. The van der Waals surface area contributed by atoms with Crippen molar-refractivity contribution in [3.63, 3.8) is 0 Å². The molecule has 0 bridgehead atoms. The van der Waals surface area contributed by atoms with Crippen molar-refractivity contribution in [3.05, 3.63) is 64.3 Å². The van der Waals surface area contributed by atoms with Gasteiger partial charge in [-0.1, -0.05) is 30.3 Å². The number of phenolic OH excluding ortho intramolecular Hbond substituents is 1. The van der Waals surface area contributed by atoms with E-state index in [0.29, 0.717) is 24.3 Å². The van der Waals surface area contributed by atoms with E-state index in [1.165, 1.54) is 5.56 Å². The lowest BCUT2D eigenvalue weighted by Crippen LogP contribution is -2.65. The largest absolute Gasteiger partial charge is 0.859 e. The number of phenols is 1. The number of aliphatic imine (C=N–C) groups is 1. The third-order valence-corrected chi connectivity index (χ3v) is 7.52. The molecule has 2 aromatic carbocycles. The maximum Gasteiger partial charge on any atom is 0.324 e. The van der Waals surface area contributed by atoms with E-state index in [1.807, 2.05) is 26.8 Å². The summed E-state index contributed by atoms with van der Waals surface area (Å²) in [5, 5.41) is 29.8. The first kappa shape index (κ1) is 24.1. The number of nitrogens with zero attached hydrogens (tertiary/aromatic N) is 5. The number of piperazine rings is 1. The summed E-state index contributed by atoms with van der Waals surface area (Å²) in [6, 6.07) is 10.5. The zero-order valence-corrected chi connectivity index (χ0v) is 21.3. The molecule has 36 heavy (non-hydrogen) atoms. The predicted octanol–water partition coefficient (Wildman–Crippen LogP) is 2.22. The fraction of sp³-hybridized carbons (Fsp3) is 0.444. The van der Waals surface area contributed by atoms with Crippen LogP contribution in [0, 0.1) is 20.8 Å².